The molecule has 3 rings (SSSR count). The number of hydrogen-bond acceptors (Lipinski definition) is 5. The molecule has 0 amide bonds. The quantitative estimate of drug-likeness (QED) is 0.672. The van der Waals surface area contributed by atoms with Gasteiger partial charge in [-0.1, -0.05) is 25.4 Å². The van der Waals surface area contributed by atoms with Crippen molar-refractivity contribution in [3.05, 3.63) is 41.2 Å². The van der Waals surface area contributed by atoms with Crippen LogP contribution in [0.25, 0.3) is 0 Å². The number of aldehydes is 1. The number of piperidine rings is 1. The smallest absolute Gasteiger partial charge is 0.387 e. The zero-order valence-corrected chi connectivity index (χ0v) is 17.5. The van der Waals surface area contributed by atoms with Gasteiger partial charge in [0.15, 0.2) is 5.75 Å². The molecule has 1 aliphatic rings. The van der Waals surface area contributed by atoms with Crippen molar-refractivity contribution < 1.29 is 18.3 Å². The molecular formula is C20H27ClF2N4O2. The summed E-state index contributed by atoms with van der Waals surface area (Å²) in [7, 11) is 1.61. The molecule has 1 fully saturated rings. The van der Waals surface area contributed by atoms with Gasteiger partial charge in [-0.3, -0.25) is 4.68 Å². The lowest BCUT2D eigenvalue weighted by atomic mass is 9.89. The Balaban J connectivity index is 0.000000212. The number of aromatic nitrogens is 2. The first-order chi connectivity index (χ1) is 13.8. The Kier molecular flexibility index (Phi) is 8.40. The molecule has 9 heteroatoms. The molecule has 2 aromatic rings. The Morgan fingerprint density at radius 1 is 1.31 bits per heavy atom. The lowest BCUT2D eigenvalue weighted by Gasteiger charge is -2.34. The standard InChI is InChI=1S/C12H19N3O.C8H8ClF2NO/c1-10(2)11-3-6-14-15(11)12(9-16)4-7-13-8-5-12;1-12-6-3-2-5(9)4-7(6)13-8(10)11/h3,6,9-10,13H,4-5,7-8H2,1-2H3;2-4,8,12H,1H3. The predicted molar refractivity (Wildman–Crippen MR) is 110 cm³/mol. The van der Waals surface area contributed by atoms with Crippen molar-refractivity contribution >= 4 is 23.6 Å². The number of halogens is 3. The SMILES string of the molecule is CC(C)c1ccnn1C1(C=O)CCNCC1.CNc1ccc(Cl)cc1OC(F)F. The minimum Gasteiger partial charge on any atom is -0.433 e. The molecule has 160 valence electrons. The summed E-state index contributed by atoms with van der Waals surface area (Å²) in [6.07, 6.45) is 4.53. The first kappa shape index (κ1) is 23.1. The third-order valence-electron chi connectivity index (χ3n) is 4.80. The van der Waals surface area contributed by atoms with Crippen LogP contribution in [0.5, 0.6) is 5.75 Å². The van der Waals surface area contributed by atoms with E-state index < -0.39 is 12.2 Å². The lowest BCUT2D eigenvalue weighted by Crippen LogP contribution is -2.46. The van der Waals surface area contributed by atoms with Crippen molar-refractivity contribution in [3.63, 3.8) is 0 Å². The van der Waals surface area contributed by atoms with E-state index in [9.17, 15) is 13.6 Å². The highest BCUT2D eigenvalue weighted by molar-refractivity contribution is 6.30. The number of anilines is 1. The van der Waals surface area contributed by atoms with Crippen LogP contribution in [-0.2, 0) is 10.3 Å². The normalized spacial score (nSPS) is 15.6. The minimum atomic E-state index is -2.84. The molecule has 1 aromatic heterocycles. The molecule has 1 saturated heterocycles. The van der Waals surface area contributed by atoms with E-state index in [0.717, 1.165) is 37.9 Å². The molecular weight excluding hydrogens is 402 g/mol. The predicted octanol–water partition coefficient (Wildman–Crippen LogP) is 4.27. The Bertz CT molecular complexity index is 793. The average molecular weight is 429 g/mol. The molecule has 0 aliphatic carbocycles. The monoisotopic (exact) mass is 428 g/mol. The lowest BCUT2D eigenvalue weighted by molar-refractivity contribution is -0.117. The van der Waals surface area contributed by atoms with Crippen LogP contribution in [0.4, 0.5) is 14.5 Å². The van der Waals surface area contributed by atoms with E-state index in [1.54, 1.807) is 25.4 Å². The molecule has 2 heterocycles. The zero-order chi connectivity index (χ0) is 21.4. The van der Waals surface area contributed by atoms with Crippen molar-refractivity contribution in [1.82, 2.24) is 15.1 Å². The van der Waals surface area contributed by atoms with Crippen LogP contribution >= 0.6 is 11.6 Å². The van der Waals surface area contributed by atoms with Crippen LogP contribution < -0.4 is 15.4 Å². The average Bonchev–Trinajstić information content (AvgIpc) is 3.20. The maximum atomic E-state index is 11.9. The minimum absolute atomic E-state index is 0.0463. The topological polar surface area (TPSA) is 68.2 Å². The highest BCUT2D eigenvalue weighted by Gasteiger charge is 2.36. The number of carbonyl (C=O) groups excluding carboxylic acids is 1. The van der Waals surface area contributed by atoms with E-state index in [2.05, 4.69) is 34.3 Å². The first-order valence-electron chi connectivity index (χ1n) is 9.46. The number of nitrogens with one attached hydrogen (secondary N) is 2. The largest absolute Gasteiger partial charge is 0.433 e. The van der Waals surface area contributed by atoms with Crippen molar-refractivity contribution in [1.29, 1.82) is 0 Å². The number of rotatable bonds is 6. The van der Waals surface area contributed by atoms with Crippen LogP contribution in [0.15, 0.2) is 30.5 Å². The summed E-state index contributed by atoms with van der Waals surface area (Å²) in [6.45, 7) is 3.19. The molecule has 6 nitrogen and oxygen atoms in total. The van der Waals surface area contributed by atoms with Crippen LogP contribution in [0.1, 0.15) is 38.3 Å². The van der Waals surface area contributed by atoms with E-state index >= 15 is 0 Å². The molecule has 0 unspecified atom stereocenters. The van der Waals surface area contributed by atoms with E-state index in [0.29, 0.717) is 16.6 Å². The molecule has 0 radical (unpaired) electrons. The van der Waals surface area contributed by atoms with Gasteiger partial charge in [0, 0.05) is 30.0 Å². The summed E-state index contributed by atoms with van der Waals surface area (Å²) < 4.78 is 29.9. The number of hydrogen-bond donors (Lipinski definition) is 2. The highest BCUT2D eigenvalue weighted by Crippen LogP contribution is 2.29. The number of ether oxygens (including phenoxy) is 1. The first-order valence-corrected chi connectivity index (χ1v) is 9.84. The Labute approximate surface area is 174 Å². The number of benzene rings is 1. The fourth-order valence-electron chi connectivity index (χ4n) is 3.26. The second-order valence-electron chi connectivity index (χ2n) is 7.06. The Hall–Kier alpha value is -2.19. The third-order valence-corrected chi connectivity index (χ3v) is 5.04. The molecule has 1 aromatic carbocycles. The molecule has 0 spiro atoms. The number of nitrogens with zero attached hydrogens (tertiary/aromatic N) is 2. The third kappa shape index (κ3) is 5.90. The van der Waals surface area contributed by atoms with E-state index in [1.807, 2.05) is 10.7 Å². The number of carbonyl (C=O) groups is 1. The van der Waals surface area contributed by atoms with Crippen molar-refractivity contribution in [2.45, 2.75) is 44.8 Å². The second-order valence-corrected chi connectivity index (χ2v) is 7.50. The summed E-state index contributed by atoms with van der Waals surface area (Å²) in [5, 5.41) is 10.7. The summed E-state index contributed by atoms with van der Waals surface area (Å²) in [4.78, 5) is 11.5. The van der Waals surface area contributed by atoms with Gasteiger partial charge in [-0.25, -0.2) is 0 Å². The van der Waals surface area contributed by atoms with Crippen LogP contribution in [-0.4, -0.2) is 42.8 Å². The molecule has 0 saturated carbocycles. The van der Waals surface area contributed by atoms with Crippen LogP contribution in [0.3, 0.4) is 0 Å². The van der Waals surface area contributed by atoms with Gasteiger partial charge in [0.05, 0.1) is 5.69 Å². The Morgan fingerprint density at radius 3 is 2.55 bits per heavy atom. The van der Waals surface area contributed by atoms with Crippen molar-refractivity contribution in [2.24, 2.45) is 0 Å². The molecule has 0 bridgehead atoms. The maximum absolute atomic E-state index is 11.9. The summed E-state index contributed by atoms with van der Waals surface area (Å²) >= 11 is 5.60. The van der Waals surface area contributed by atoms with Crippen molar-refractivity contribution in [3.8, 4) is 5.75 Å². The van der Waals surface area contributed by atoms with Gasteiger partial charge in [0.1, 0.15) is 11.8 Å². The molecule has 0 atom stereocenters. The summed E-state index contributed by atoms with van der Waals surface area (Å²) in [5.74, 6) is 0.444. The van der Waals surface area contributed by atoms with Gasteiger partial charge in [-0.05, 0) is 50.0 Å². The fourth-order valence-corrected chi connectivity index (χ4v) is 3.42. The van der Waals surface area contributed by atoms with Gasteiger partial charge in [-0.15, -0.1) is 0 Å². The van der Waals surface area contributed by atoms with Gasteiger partial charge in [0.2, 0.25) is 0 Å². The van der Waals surface area contributed by atoms with Gasteiger partial charge in [0.25, 0.3) is 0 Å². The van der Waals surface area contributed by atoms with E-state index in [-0.39, 0.29) is 5.75 Å². The van der Waals surface area contributed by atoms with Gasteiger partial charge < -0.3 is 20.2 Å². The zero-order valence-electron chi connectivity index (χ0n) is 16.8. The maximum Gasteiger partial charge on any atom is 0.387 e. The Morgan fingerprint density at radius 2 is 2.00 bits per heavy atom. The van der Waals surface area contributed by atoms with E-state index in [1.165, 1.54) is 6.07 Å². The van der Waals surface area contributed by atoms with Gasteiger partial charge in [-0.2, -0.15) is 13.9 Å². The molecule has 1 aliphatic heterocycles. The summed E-state index contributed by atoms with van der Waals surface area (Å²) in [6, 6.07) is 6.50. The van der Waals surface area contributed by atoms with E-state index in [4.69, 9.17) is 11.6 Å². The molecule has 29 heavy (non-hydrogen) atoms. The summed E-state index contributed by atoms with van der Waals surface area (Å²) in [5.41, 5.74) is 1.20. The number of alkyl halides is 2. The van der Waals surface area contributed by atoms with Crippen LogP contribution in [0.2, 0.25) is 5.02 Å². The van der Waals surface area contributed by atoms with Crippen LogP contribution in [0, 0.1) is 0 Å². The van der Waals surface area contributed by atoms with Crippen molar-refractivity contribution in [2.75, 3.05) is 25.5 Å². The van der Waals surface area contributed by atoms with Gasteiger partial charge >= 0.3 is 6.61 Å². The second kappa shape index (κ2) is 10.5. The highest BCUT2D eigenvalue weighted by atomic mass is 35.5. The molecule has 2 N–H and O–H groups in total. The fraction of sp³-hybridized carbons (Fsp3) is 0.500.